The second kappa shape index (κ2) is 5.57. The predicted octanol–water partition coefficient (Wildman–Crippen LogP) is 2.79. The molecule has 0 aliphatic carbocycles. The molecular formula is C13H17Br2N3. The Morgan fingerprint density at radius 1 is 1.39 bits per heavy atom. The van der Waals surface area contributed by atoms with Gasteiger partial charge in [-0.15, -0.1) is 0 Å². The van der Waals surface area contributed by atoms with Gasteiger partial charge in [0.1, 0.15) is 0 Å². The zero-order chi connectivity index (χ0) is 12.5. The molecule has 2 unspecified atom stereocenters. The molecule has 2 saturated heterocycles. The lowest BCUT2D eigenvalue weighted by atomic mass is 9.94. The second-order valence-electron chi connectivity index (χ2n) is 5.24. The summed E-state index contributed by atoms with van der Waals surface area (Å²) in [5, 5.41) is 3.64. The van der Waals surface area contributed by atoms with E-state index in [1.54, 1.807) is 0 Å². The van der Waals surface area contributed by atoms with E-state index in [1.807, 2.05) is 6.20 Å². The second-order valence-corrected chi connectivity index (χ2v) is 7.01. The van der Waals surface area contributed by atoms with Crippen molar-refractivity contribution in [2.75, 3.05) is 19.6 Å². The van der Waals surface area contributed by atoms with Crippen LogP contribution in [0.5, 0.6) is 0 Å². The van der Waals surface area contributed by atoms with E-state index in [1.165, 1.54) is 25.9 Å². The number of nitrogens with one attached hydrogen (secondary N) is 1. The molecule has 18 heavy (non-hydrogen) atoms. The molecule has 3 nitrogen and oxygen atoms in total. The Morgan fingerprint density at radius 3 is 3.06 bits per heavy atom. The Bertz CT molecular complexity index is 424. The third kappa shape index (κ3) is 2.79. The van der Waals surface area contributed by atoms with Crippen molar-refractivity contribution in [2.24, 2.45) is 5.92 Å². The van der Waals surface area contributed by atoms with Gasteiger partial charge in [-0.05, 0) is 63.2 Å². The van der Waals surface area contributed by atoms with E-state index in [-0.39, 0.29) is 0 Å². The first-order valence-electron chi connectivity index (χ1n) is 6.48. The third-order valence-electron chi connectivity index (χ3n) is 3.93. The van der Waals surface area contributed by atoms with Gasteiger partial charge in [0.2, 0.25) is 0 Å². The van der Waals surface area contributed by atoms with E-state index in [2.05, 4.69) is 53.1 Å². The standard InChI is InChI=1S/C13H17Br2N3/c14-10-4-11(15)13(17-5-10)8-18-6-9-2-1-3-16-12(9)7-18/h4-5,9,12,16H,1-3,6-8H2. The van der Waals surface area contributed by atoms with Crippen LogP contribution in [0.15, 0.2) is 21.2 Å². The molecule has 0 aromatic carbocycles. The van der Waals surface area contributed by atoms with Crippen molar-refractivity contribution in [1.29, 1.82) is 0 Å². The van der Waals surface area contributed by atoms with Crippen LogP contribution in [-0.4, -0.2) is 35.6 Å². The molecule has 3 heterocycles. The first-order chi connectivity index (χ1) is 8.72. The van der Waals surface area contributed by atoms with Gasteiger partial charge < -0.3 is 5.32 Å². The van der Waals surface area contributed by atoms with E-state index in [9.17, 15) is 0 Å². The molecule has 2 aliphatic heterocycles. The number of halogens is 2. The van der Waals surface area contributed by atoms with E-state index in [0.29, 0.717) is 6.04 Å². The number of likely N-dealkylation sites (tertiary alicyclic amines) is 1. The highest BCUT2D eigenvalue weighted by Gasteiger charge is 2.34. The molecule has 2 atom stereocenters. The first kappa shape index (κ1) is 13.0. The molecule has 0 spiro atoms. The van der Waals surface area contributed by atoms with Gasteiger partial charge in [-0.2, -0.15) is 0 Å². The number of fused-ring (bicyclic) bond motifs is 1. The lowest BCUT2D eigenvalue weighted by Crippen LogP contribution is -2.40. The van der Waals surface area contributed by atoms with Crippen LogP contribution >= 0.6 is 31.9 Å². The van der Waals surface area contributed by atoms with Crippen LogP contribution in [0.4, 0.5) is 0 Å². The van der Waals surface area contributed by atoms with Gasteiger partial charge in [0.05, 0.1) is 5.69 Å². The zero-order valence-corrected chi connectivity index (χ0v) is 13.4. The van der Waals surface area contributed by atoms with Crippen molar-refractivity contribution in [2.45, 2.75) is 25.4 Å². The van der Waals surface area contributed by atoms with Crippen molar-refractivity contribution in [1.82, 2.24) is 15.2 Å². The molecule has 98 valence electrons. The Balaban J connectivity index is 1.66. The van der Waals surface area contributed by atoms with E-state index >= 15 is 0 Å². The molecular weight excluding hydrogens is 358 g/mol. The number of aromatic nitrogens is 1. The van der Waals surface area contributed by atoms with E-state index in [4.69, 9.17) is 0 Å². The topological polar surface area (TPSA) is 28.2 Å². The molecule has 2 fully saturated rings. The average molecular weight is 375 g/mol. The minimum Gasteiger partial charge on any atom is -0.312 e. The summed E-state index contributed by atoms with van der Waals surface area (Å²) in [6, 6.07) is 2.77. The van der Waals surface area contributed by atoms with Gasteiger partial charge in [-0.1, -0.05) is 0 Å². The number of rotatable bonds is 2. The van der Waals surface area contributed by atoms with Gasteiger partial charge in [-0.25, -0.2) is 0 Å². The number of nitrogens with zero attached hydrogens (tertiary/aromatic N) is 2. The van der Waals surface area contributed by atoms with Crippen LogP contribution in [0, 0.1) is 5.92 Å². The predicted molar refractivity (Wildman–Crippen MR) is 79.4 cm³/mol. The van der Waals surface area contributed by atoms with Gasteiger partial charge >= 0.3 is 0 Å². The minimum atomic E-state index is 0.702. The Hall–Kier alpha value is 0.0300. The fourth-order valence-corrected chi connectivity index (χ4v) is 4.15. The molecule has 0 saturated carbocycles. The van der Waals surface area contributed by atoms with Crippen LogP contribution < -0.4 is 5.32 Å². The lowest BCUT2D eigenvalue weighted by Gasteiger charge is -2.24. The summed E-state index contributed by atoms with van der Waals surface area (Å²) >= 11 is 7.04. The monoisotopic (exact) mass is 373 g/mol. The van der Waals surface area contributed by atoms with Gasteiger partial charge in [-0.3, -0.25) is 9.88 Å². The SMILES string of the molecule is Brc1cnc(CN2CC3CCCNC3C2)c(Br)c1. The summed E-state index contributed by atoms with van der Waals surface area (Å²) in [7, 11) is 0. The number of hydrogen-bond donors (Lipinski definition) is 1. The fraction of sp³-hybridized carbons (Fsp3) is 0.615. The summed E-state index contributed by atoms with van der Waals surface area (Å²) in [6.07, 6.45) is 4.58. The van der Waals surface area contributed by atoms with Crippen LogP contribution in [0.2, 0.25) is 0 Å². The average Bonchev–Trinajstić information content (AvgIpc) is 2.75. The summed E-state index contributed by atoms with van der Waals surface area (Å²) in [6.45, 7) is 4.51. The Morgan fingerprint density at radius 2 is 2.28 bits per heavy atom. The van der Waals surface area contributed by atoms with Crippen molar-refractivity contribution in [3.8, 4) is 0 Å². The molecule has 5 heteroatoms. The number of pyridine rings is 1. The fourth-order valence-electron chi connectivity index (χ4n) is 3.04. The highest BCUT2D eigenvalue weighted by atomic mass is 79.9. The van der Waals surface area contributed by atoms with Crippen molar-refractivity contribution in [3.05, 3.63) is 26.9 Å². The molecule has 1 aromatic rings. The maximum Gasteiger partial charge on any atom is 0.0686 e. The molecule has 3 rings (SSSR count). The van der Waals surface area contributed by atoms with Gasteiger partial charge in [0.15, 0.2) is 0 Å². The summed E-state index contributed by atoms with van der Waals surface area (Å²) in [5.74, 6) is 0.841. The normalized spacial score (nSPS) is 28.3. The van der Waals surface area contributed by atoms with E-state index < -0.39 is 0 Å². The molecule has 2 aliphatic rings. The Kier molecular flexibility index (Phi) is 4.03. The van der Waals surface area contributed by atoms with Crippen LogP contribution in [-0.2, 0) is 6.54 Å². The van der Waals surface area contributed by atoms with Crippen LogP contribution in [0.3, 0.4) is 0 Å². The molecule has 0 bridgehead atoms. The zero-order valence-electron chi connectivity index (χ0n) is 10.2. The highest BCUT2D eigenvalue weighted by molar-refractivity contribution is 9.11. The molecule has 1 N–H and O–H groups in total. The number of hydrogen-bond acceptors (Lipinski definition) is 3. The van der Waals surface area contributed by atoms with E-state index in [0.717, 1.165) is 33.6 Å². The number of piperidine rings is 1. The van der Waals surface area contributed by atoms with Crippen LogP contribution in [0.25, 0.3) is 0 Å². The maximum absolute atomic E-state index is 4.50. The largest absolute Gasteiger partial charge is 0.312 e. The lowest BCUT2D eigenvalue weighted by molar-refractivity contribution is 0.308. The van der Waals surface area contributed by atoms with Crippen LogP contribution in [0.1, 0.15) is 18.5 Å². The maximum atomic E-state index is 4.50. The summed E-state index contributed by atoms with van der Waals surface area (Å²) < 4.78 is 2.12. The van der Waals surface area contributed by atoms with Crippen molar-refractivity contribution >= 4 is 31.9 Å². The molecule has 0 radical (unpaired) electrons. The third-order valence-corrected chi connectivity index (χ3v) is 5.05. The highest BCUT2D eigenvalue weighted by Crippen LogP contribution is 2.27. The minimum absolute atomic E-state index is 0.702. The summed E-state index contributed by atoms with van der Waals surface area (Å²) in [5.41, 5.74) is 1.14. The first-order valence-corrected chi connectivity index (χ1v) is 8.06. The Labute approximate surface area is 125 Å². The van der Waals surface area contributed by atoms with Gasteiger partial charge in [0.25, 0.3) is 0 Å². The van der Waals surface area contributed by atoms with Gasteiger partial charge in [0, 0.05) is 40.8 Å². The smallest absolute Gasteiger partial charge is 0.0686 e. The molecule has 0 amide bonds. The van der Waals surface area contributed by atoms with Crippen molar-refractivity contribution < 1.29 is 0 Å². The van der Waals surface area contributed by atoms with Crippen molar-refractivity contribution in [3.63, 3.8) is 0 Å². The quantitative estimate of drug-likeness (QED) is 0.862. The summed E-state index contributed by atoms with van der Waals surface area (Å²) in [4.78, 5) is 7.03. The molecule has 1 aromatic heterocycles.